The van der Waals surface area contributed by atoms with Gasteiger partial charge in [-0.3, -0.25) is 9.89 Å². The number of hydrogen-bond acceptors (Lipinski definition) is 3. The summed E-state index contributed by atoms with van der Waals surface area (Å²) in [5.74, 6) is 1.89. The van der Waals surface area contributed by atoms with Crippen LogP contribution < -0.4 is 5.32 Å². The Hall–Kier alpha value is -1.07. The van der Waals surface area contributed by atoms with Crippen molar-refractivity contribution in [2.24, 2.45) is 10.9 Å². The van der Waals surface area contributed by atoms with Crippen molar-refractivity contribution in [3.05, 3.63) is 22.4 Å². The molecule has 0 bridgehead atoms. The topological polar surface area (TPSA) is 30.9 Å². The maximum absolute atomic E-state index is 4.43. The van der Waals surface area contributed by atoms with E-state index in [0.29, 0.717) is 6.04 Å². The highest BCUT2D eigenvalue weighted by atomic mass is 32.1. The van der Waals surface area contributed by atoms with Gasteiger partial charge in [0.25, 0.3) is 0 Å². The predicted molar refractivity (Wildman–Crippen MR) is 101 cm³/mol. The summed E-state index contributed by atoms with van der Waals surface area (Å²) in [5, 5.41) is 5.69. The lowest BCUT2D eigenvalue weighted by Crippen LogP contribution is -2.48. The number of rotatable bonds is 6. The van der Waals surface area contributed by atoms with Crippen LogP contribution in [0, 0.1) is 5.92 Å². The van der Waals surface area contributed by atoms with E-state index in [1.165, 1.54) is 30.8 Å². The smallest absolute Gasteiger partial charge is 0.193 e. The van der Waals surface area contributed by atoms with Crippen molar-refractivity contribution in [2.45, 2.75) is 39.2 Å². The molecule has 1 fully saturated rings. The van der Waals surface area contributed by atoms with Crippen molar-refractivity contribution in [1.82, 2.24) is 15.1 Å². The summed E-state index contributed by atoms with van der Waals surface area (Å²) in [4.78, 5) is 10.7. The Labute approximate surface area is 145 Å². The van der Waals surface area contributed by atoms with E-state index in [0.717, 1.165) is 31.4 Å². The lowest BCUT2D eigenvalue weighted by Gasteiger charge is -2.35. The first kappa shape index (κ1) is 18.3. The van der Waals surface area contributed by atoms with Gasteiger partial charge in [0.1, 0.15) is 0 Å². The van der Waals surface area contributed by atoms with E-state index in [1.54, 1.807) is 0 Å². The molecular formula is C18H32N4S. The van der Waals surface area contributed by atoms with Crippen LogP contribution in [0.4, 0.5) is 0 Å². The van der Waals surface area contributed by atoms with Crippen LogP contribution in [0.5, 0.6) is 0 Å². The molecule has 130 valence electrons. The van der Waals surface area contributed by atoms with Crippen LogP contribution in [0.1, 0.15) is 31.6 Å². The van der Waals surface area contributed by atoms with Crippen molar-refractivity contribution in [3.63, 3.8) is 0 Å². The van der Waals surface area contributed by atoms with Crippen molar-refractivity contribution < 1.29 is 0 Å². The SMILES string of the molecule is CN=C(NCC(C)N1CCC(C)CC1)N(C)CCc1cccs1. The van der Waals surface area contributed by atoms with Gasteiger partial charge >= 0.3 is 0 Å². The minimum absolute atomic E-state index is 0.560. The van der Waals surface area contributed by atoms with Crippen LogP contribution in [-0.4, -0.2) is 62.1 Å². The molecule has 1 atom stereocenters. The summed E-state index contributed by atoms with van der Waals surface area (Å²) >= 11 is 1.83. The number of nitrogens with zero attached hydrogens (tertiary/aromatic N) is 3. The quantitative estimate of drug-likeness (QED) is 0.640. The van der Waals surface area contributed by atoms with Gasteiger partial charge in [-0.05, 0) is 56.6 Å². The van der Waals surface area contributed by atoms with Crippen molar-refractivity contribution in [2.75, 3.05) is 40.3 Å². The van der Waals surface area contributed by atoms with E-state index in [-0.39, 0.29) is 0 Å². The molecule has 0 radical (unpaired) electrons. The second-order valence-electron chi connectivity index (χ2n) is 6.75. The van der Waals surface area contributed by atoms with Gasteiger partial charge in [0.05, 0.1) is 0 Å². The van der Waals surface area contributed by atoms with Gasteiger partial charge < -0.3 is 10.2 Å². The Balaban J connectivity index is 1.73. The van der Waals surface area contributed by atoms with Gasteiger partial charge in [-0.15, -0.1) is 11.3 Å². The third-order valence-electron chi connectivity index (χ3n) is 4.84. The molecular weight excluding hydrogens is 304 g/mol. The normalized spacial score (nSPS) is 18.9. The molecule has 4 nitrogen and oxygen atoms in total. The second kappa shape index (κ2) is 9.28. The number of nitrogens with one attached hydrogen (secondary N) is 1. The van der Waals surface area contributed by atoms with Crippen LogP contribution in [-0.2, 0) is 6.42 Å². The standard InChI is InChI=1S/C18H32N4S/c1-15-7-11-22(12-8-15)16(2)14-20-18(19-3)21(4)10-9-17-6-5-13-23-17/h5-6,13,15-16H,7-12,14H2,1-4H3,(H,19,20). The number of aliphatic imine (C=N–C) groups is 1. The fourth-order valence-electron chi connectivity index (χ4n) is 3.06. The Bertz CT molecular complexity index is 463. The minimum Gasteiger partial charge on any atom is -0.355 e. The van der Waals surface area contributed by atoms with Gasteiger partial charge in [-0.25, -0.2) is 0 Å². The molecule has 1 aliphatic heterocycles. The van der Waals surface area contributed by atoms with E-state index < -0.39 is 0 Å². The summed E-state index contributed by atoms with van der Waals surface area (Å²) in [6, 6.07) is 4.88. The number of hydrogen-bond donors (Lipinski definition) is 1. The van der Waals surface area contributed by atoms with Gasteiger partial charge in [0.15, 0.2) is 5.96 Å². The van der Waals surface area contributed by atoms with Crippen LogP contribution in [0.3, 0.4) is 0 Å². The van der Waals surface area contributed by atoms with E-state index in [1.807, 2.05) is 18.4 Å². The molecule has 1 unspecified atom stereocenters. The summed E-state index contributed by atoms with van der Waals surface area (Å²) in [7, 11) is 3.99. The van der Waals surface area contributed by atoms with Crippen LogP contribution >= 0.6 is 11.3 Å². The van der Waals surface area contributed by atoms with Gasteiger partial charge in [0.2, 0.25) is 0 Å². The van der Waals surface area contributed by atoms with E-state index in [9.17, 15) is 0 Å². The van der Waals surface area contributed by atoms with E-state index in [4.69, 9.17) is 0 Å². The predicted octanol–water partition coefficient (Wildman–Crippen LogP) is 2.92. The molecule has 2 rings (SSSR count). The fourth-order valence-corrected chi connectivity index (χ4v) is 3.76. The first-order valence-electron chi connectivity index (χ1n) is 8.78. The van der Waals surface area contributed by atoms with Crippen LogP contribution in [0.15, 0.2) is 22.5 Å². The molecule has 0 amide bonds. The second-order valence-corrected chi connectivity index (χ2v) is 7.78. The molecule has 2 heterocycles. The Kier molecular flexibility index (Phi) is 7.37. The first-order valence-corrected chi connectivity index (χ1v) is 9.66. The van der Waals surface area contributed by atoms with Crippen molar-refractivity contribution in [1.29, 1.82) is 0 Å². The molecule has 23 heavy (non-hydrogen) atoms. The zero-order valence-corrected chi connectivity index (χ0v) is 15.9. The lowest BCUT2D eigenvalue weighted by molar-refractivity contribution is 0.147. The molecule has 1 aliphatic rings. The third-order valence-corrected chi connectivity index (χ3v) is 5.78. The summed E-state index contributed by atoms with van der Waals surface area (Å²) in [6.07, 6.45) is 3.74. The molecule has 1 saturated heterocycles. The van der Waals surface area contributed by atoms with Crippen LogP contribution in [0.25, 0.3) is 0 Å². The van der Waals surface area contributed by atoms with E-state index in [2.05, 4.69) is 58.5 Å². The molecule has 0 aliphatic carbocycles. The maximum atomic E-state index is 4.43. The summed E-state index contributed by atoms with van der Waals surface area (Å²) in [5.41, 5.74) is 0. The molecule has 5 heteroatoms. The molecule has 1 N–H and O–H groups in total. The lowest BCUT2D eigenvalue weighted by atomic mass is 9.98. The molecule has 1 aromatic heterocycles. The fraction of sp³-hybridized carbons (Fsp3) is 0.722. The van der Waals surface area contributed by atoms with Gasteiger partial charge in [-0.2, -0.15) is 0 Å². The minimum atomic E-state index is 0.560. The monoisotopic (exact) mass is 336 g/mol. The molecule has 0 aromatic carbocycles. The zero-order chi connectivity index (χ0) is 16.7. The summed E-state index contributed by atoms with van der Waals surface area (Å²) in [6.45, 7) is 9.11. The molecule has 1 aromatic rings. The van der Waals surface area contributed by atoms with Crippen molar-refractivity contribution in [3.8, 4) is 0 Å². The Morgan fingerprint density at radius 2 is 2.22 bits per heavy atom. The third kappa shape index (κ3) is 5.81. The maximum Gasteiger partial charge on any atom is 0.193 e. The molecule has 0 spiro atoms. The highest BCUT2D eigenvalue weighted by Gasteiger charge is 2.20. The van der Waals surface area contributed by atoms with Gasteiger partial charge in [0, 0.05) is 38.1 Å². The van der Waals surface area contributed by atoms with Gasteiger partial charge in [-0.1, -0.05) is 13.0 Å². The number of thiophene rings is 1. The van der Waals surface area contributed by atoms with Crippen LogP contribution in [0.2, 0.25) is 0 Å². The zero-order valence-electron chi connectivity index (χ0n) is 15.1. The average Bonchev–Trinajstić information content (AvgIpc) is 3.07. The summed E-state index contributed by atoms with van der Waals surface area (Å²) < 4.78 is 0. The Morgan fingerprint density at radius 3 is 2.83 bits per heavy atom. The Morgan fingerprint density at radius 1 is 1.48 bits per heavy atom. The first-order chi connectivity index (χ1) is 11.1. The number of piperidine rings is 1. The van der Waals surface area contributed by atoms with E-state index >= 15 is 0 Å². The largest absolute Gasteiger partial charge is 0.355 e. The number of likely N-dealkylation sites (tertiary alicyclic amines) is 1. The van der Waals surface area contributed by atoms with Crippen molar-refractivity contribution >= 4 is 17.3 Å². The highest BCUT2D eigenvalue weighted by molar-refractivity contribution is 7.09. The number of likely N-dealkylation sites (N-methyl/N-ethyl adjacent to an activating group) is 1. The average molecular weight is 337 g/mol. The highest BCUT2D eigenvalue weighted by Crippen LogP contribution is 2.17. The number of guanidine groups is 1. The molecule has 0 saturated carbocycles.